The zero-order chi connectivity index (χ0) is 21.2. The van der Waals surface area contributed by atoms with E-state index in [1.165, 1.54) is 16.7 Å². The minimum atomic E-state index is -0.231. The Balaban J connectivity index is 1.81. The van der Waals surface area contributed by atoms with Gasteiger partial charge in [-0.25, -0.2) is 0 Å². The Bertz CT molecular complexity index is 1230. The summed E-state index contributed by atoms with van der Waals surface area (Å²) in [6, 6.07) is 16.3. The highest BCUT2D eigenvalue weighted by atomic mass is 35.5. The summed E-state index contributed by atoms with van der Waals surface area (Å²) < 4.78 is 6.60. The predicted molar refractivity (Wildman–Crippen MR) is 127 cm³/mol. The van der Waals surface area contributed by atoms with Gasteiger partial charge in [0.15, 0.2) is 6.10 Å². The Morgan fingerprint density at radius 2 is 1.73 bits per heavy atom. The molecule has 2 heterocycles. The molecule has 0 saturated carbocycles. The van der Waals surface area contributed by atoms with Crippen molar-refractivity contribution in [3.8, 4) is 16.9 Å². The lowest BCUT2D eigenvalue weighted by Crippen LogP contribution is -2.32. The number of aryl methyl sites for hydroxylation is 1. The molecular weight excluding hydrogens is 413 g/mol. The van der Waals surface area contributed by atoms with Crippen LogP contribution < -0.4 is 10.1 Å². The van der Waals surface area contributed by atoms with Crippen LogP contribution in [0.1, 0.15) is 49.1 Å². The zero-order valence-corrected chi connectivity index (χ0v) is 18.9. The van der Waals surface area contributed by atoms with E-state index in [1.807, 2.05) is 31.2 Å². The van der Waals surface area contributed by atoms with Crippen LogP contribution >= 0.6 is 23.2 Å². The van der Waals surface area contributed by atoms with Gasteiger partial charge in [0.25, 0.3) is 0 Å². The molecule has 0 radical (unpaired) electrons. The molecule has 2 nitrogen and oxygen atoms in total. The molecule has 0 spiro atoms. The molecule has 3 aromatic carbocycles. The van der Waals surface area contributed by atoms with Gasteiger partial charge in [-0.1, -0.05) is 47.5 Å². The van der Waals surface area contributed by atoms with Gasteiger partial charge in [0.05, 0.1) is 5.54 Å². The van der Waals surface area contributed by atoms with E-state index in [1.54, 1.807) is 0 Å². The van der Waals surface area contributed by atoms with Crippen molar-refractivity contribution in [1.29, 1.82) is 0 Å². The molecule has 2 aliphatic rings. The van der Waals surface area contributed by atoms with Crippen molar-refractivity contribution >= 4 is 34.5 Å². The van der Waals surface area contributed by atoms with Crippen LogP contribution in [0, 0.1) is 6.92 Å². The van der Waals surface area contributed by atoms with Crippen LogP contribution in [0.15, 0.2) is 54.6 Å². The second-order valence-electron chi connectivity index (χ2n) is 8.77. The minimum absolute atomic E-state index is 0.103. The smallest absolute Gasteiger partial charge is 0.150 e. The minimum Gasteiger partial charge on any atom is -0.480 e. The third-order valence-corrected chi connectivity index (χ3v) is 6.56. The second kappa shape index (κ2) is 6.80. The summed E-state index contributed by atoms with van der Waals surface area (Å²) in [5.41, 5.74) is 8.95. The summed E-state index contributed by atoms with van der Waals surface area (Å²) in [5, 5.41) is 5.13. The van der Waals surface area contributed by atoms with Crippen molar-refractivity contribution in [3.63, 3.8) is 0 Å². The van der Waals surface area contributed by atoms with Gasteiger partial charge in [0.1, 0.15) is 5.75 Å². The second-order valence-corrected chi connectivity index (χ2v) is 9.61. The Labute approximate surface area is 187 Å². The molecular formula is C26H23Cl2NO. The van der Waals surface area contributed by atoms with Crippen molar-refractivity contribution < 1.29 is 4.74 Å². The van der Waals surface area contributed by atoms with Crippen LogP contribution in [0.5, 0.6) is 5.75 Å². The number of rotatable bonds is 1. The number of hydrogen-bond donors (Lipinski definition) is 1. The Morgan fingerprint density at radius 1 is 0.933 bits per heavy atom. The average Bonchev–Trinajstić information content (AvgIpc) is 2.68. The van der Waals surface area contributed by atoms with Crippen molar-refractivity contribution in [2.24, 2.45) is 0 Å². The lowest BCUT2D eigenvalue weighted by atomic mass is 9.80. The molecule has 1 N–H and O–H groups in total. The highest BCUT2D eigenvalue weighted by Crippen LogP contribution is 2.51. The lowest BCUT2D eigenvalue weighted by molar-refractivity contribution is 0.243. The zero-order valence-electron chi connectivity index (χ0n) is 17.4. The normalized spacial score (nSPS) is 18.3. The van der Waals surface area contributed by atoms with Crippen molar-refractivity contribution in [3.05, 3.63) is 86.9 Å². The number of nitrogens with one attached hydrogen (secondary N) is 1. The maximum Gasteiger partial charge on any atom is 0.150 e. The summed E-state index contributed by atoms with van der Waals surface area (Å²) >= 11 is 12.7. The molecule has 0 amide bonds. The van der Waals surface area contributed by atoms with E-state index in [4.69, 9.17) is 27.9 Å². The number of hydrogen-bond acceptors (Lipinski definition) is 2. The molecule has 0 bridgehead atoms. The first-order valence-corrected chi connectivity index (χ1v) is 10.9. The van der Waals surface area contributed by atoms with E-state index < -0.39 is 0 Å². The van der Waals surface area contributed by atoms with Crippen molar-refractivity contribution in [2.45, 2.75) is 39.3 Å². The fourth-order valence-electron chi connectivity index (χ4n) is 4.72. The number of fused-ring (bicyclic) bond motifs is 5. The van der Waals surface area contributed by atoms with Gasteiger partial charge in [-0.2, -0.15) is 0 Å². The van der Waals surface area contributed by atoms with Crippen LogP contribution in [0.25, 0.3) is 16.7 Å². The van der Waals surface area contributed by atoms with Gasteiger partial charge >= 0.3 is 0 Å². The Kier molecular flexibility index (Phi) is 4.43. The molecule has 152 valence electrons. The van der Waals surface area contributed by atoms with E-state index in [0.717, 1.165) is 38.7 Å². The number of halogens is 2. The molecule has 0 unspecified atom stereocenters. The topological polar surface area (TPSA) is 21.3 Å². The maximum atomic E-state index is 6.60. The number of allylic oxidation sites excluding steroid dienone is 1. The van der Waals surface area contributed by atoms with Crippen LogP contribution in [-0.2, 0) is 0 Å². The number of anilines is 1. The first kappa shape index (κ1) is 19.5. The van der Waals surface area contributed by atoms with Crippen molar-refractivity contribution in [2.75, 3.05) is 5.32 Å². The van der Waals surface area contributed by atoms with Gasteiger partial charge in [-0.15, -0.1) is 0 Å². The summed E-state index contributed by atoms with van der Waals surface area (Å²) in [5.74, 6) is 0.843. The molecule has 30 heavy (non-hydrogen) atoms. The molecule has 0 aliphatic carbocycles. The highest BCUT2D eigenvalue weighted by molar-refractivity contribution is 6.31. The molecule has 0 aromatic heterocycles. The summed E-state index contributed by atoms with van der Waals surface area (Å²) in [6.07, 6.45) is 2.05. The van der Waals surface area contributed by atoms with E-state index >= 15 is 0 Å². The molecule has 0 saturated heterocycles. The van der Waals surface area contributed by atoms with E-state index in [0.29, 0.717) is 5.02 Å². The first-order chi connectivity index (χ1) is 14.2. The molecule has 2 aliphatic heterocycles. The van der Waals surface area contributed by atoms with Gasteiger partial charge in [0.2, 0.25) is 0 Å². The summed E-state index contributed by atoms with van der Waals surface area (Å²) in [7, 11) is 0. The van der Waals surface area contributed by atoms with Gasteiger partial charge < -0.3 is 10.1 Å². The van der Waals surface area contributed by atoms with Crippen molar-refractivity contribution in [1.82, 2.24) is 0 Å². The molecule has 4 heteroatoms. The fraction of sp³-hybridized carbons (Fsp3) is 0.231. The van der Waals surface area contributed by atoms with Crippen LogP contribution in [-0.4, -0.2) is 5.54 Å². The quantitative estimate of drug-likeness (QED) is 0.417. The third kappa shape index (κ3) is 3.10. The summed E-state index contributed by atoms with van der Waals surface area (Å²) in [6.45, 7) is 8.58. The maximum absolute atomic E-state index is 6.60. The lowest BCUT2D eigenvalue weighted by Gasteiger charge is -2.37. The first-order valence-electron chi connectivity index (χ1n) is 10.1. The number of benzene rings is 3. The van der Waals surface area contributed by atoms with E-state index in [2.05, 4.69) is 56.4 Å². The largest absolute Gasteiger partial charge is 0.480 e. The SMILES string of the molecule is CC1=CC(C)(C)Nc2ccc3c(c21)[C@H](c1ccc(Cl)c(C)c1)Oc1ccc(Cl)cc1-3. The van der Waals surface area contributed by atoms with Crippen LogP contribution in [0.4, 0.5) is 5.69 Å². The molecule has 5 rings (SSSR count). The fourth-order valence-corrected chi connectivity index (χ4v) is 5.01. The predicted octanol–water partition coefficient (Wildman–Crippen LogP) is 8.06. The van der Waals surface area contributed by atoms with Crippen LogP contribution in [0.2, 0.25) is 10.0 Å². The standard InChI is InChI=1S/C26H23Cl2NO/c1-14-11-16(5-8-20(14)28)25-24-18(19-12-17(27)6-10-22(19)30-25)7-9-21-23(24)15(2)13-26(3,4)29-21/h5-13,25,29H,1-4H3/t25-/m0/s1. The van der Waals surface area contributed by atoms with Gasteiger partial charge in [-0.05, 0) is 80.3 Å². The van der Waals surface area contributed by atoms with E-state index in [9.17, 15) is 0 Å². The highest BCUT2D eigenvalue weighted by Gasteiger charge is 2.34. The van der Waals surface area contributed by atoms with Crippen LogP contribution in [0.3, 0.4) is 0 Å². The summed E-state index contributed by atoms with van der Waals surface area (Å²) in [4.78, 5) is 0. The monoisotopic (exact) mass is 435 g/mol. The Morgan fingerprint density at radius 3 is 2.50 bits per heavy atom. The average molecular weight is 436 g/mol. The molecule has 3 aromatic rings. The third-order valence-electron chi connectivity index (χ3n) is 5.90. The van der Waals surface area contributed by atoms with Gasteiger partial charge in [-0.3, -0.25) is 0 Å². The Hall–Kier alpha value is -2.42. The van der Waals surface area contributed by atoms with Gasteiger partial charge in [0, 0.05) is 32.4 Å². The molecule has 0 fully saturated rings. The number of ether oxygens (including phenoxy) is 1. The molecule has 1 atom stereocenters. The van der Waals surface area contributed by atoms with E-state index in [-0.39, 0.29) is 11.6 Å².